The van der Waals surface area contributed by atoms with Crippen LogP contribution in [-0.2, 0) is 10.0 Å². The second kappa shape index (κ2) is 5.54. The van der Waals surface area contributed by atoms with Crippen molar-refractivity contribution in [1.82, 2.24) is 0 Å². The van der Waals surface area contributed by atoms with Gasteiger partial charge in [0.05, 0.1) is 10.6 Å². The summed E-state index contributed by atoms with van der Waals surface area (Å²) in [7, 11) is -3.99. The van der Waals surface area contributed by atoms with Crippen LogP contribution >= 0.6 is 11.6 Å². The van der Waals surface area contributed by atoms with Crippen molar-refractivity contribution in [3.05, 3.63) is 52.3 Å². The highest BCUT2D eigenvalue weighted by Crippen LogP contribution is 2.29. The number of rotatable bonds is 3. The first-order valence-electron chi connectivity index (χ1n) is 6.06. The Morgan fingerprint density at radius 1 is 1.24 bits per heavy atom. The molecule has 2 aromatic rings. The van der Waals surface area contributed by atoms with Crippen LogP contribution in [0.5, 0.6) is 0 Å². The molecule has 0 spiro atoms. The molecule has 112 valence electrons. The average molecular weight is 329 g/mol. The van der Waals surface area contributed by atoms with Crippen molar-refractivity contribution in [3.63, 3.8) is 0 Å². The summed E-state index contributed by atoms with van der Waals surface area (Å²) >= 11 is 5.85. The third-order valence-electron chi connectivity index (χ3n) is 3.11. The Morgan fingerprint density at radius 3 is 2.52 bits per heavy atom. The zero-order valence-electron chi connectivity index (χ0n) is 11.4. The van der Waals surface area contributed by atoms with Gasteiger partial charge < -0.3 is 5.73 Å². The highest BCUT2D eigenvalue weighted by Gasteiger charge is 2.21. The maximum atomic E-state index is 13.8. The zero-order valence-corrected chi connectivity index (χ0v) is 13.0. The first-order chi connectivity index (χ1) is 9.72. The number of halogens is 2. The number of anilines is 2. The number of sulfonamides is 1. The van der Waals surface area contributed by atoms with Crippen LogP contribution in [0.2, 0.25) is 5.02 Å². The van der Waals surface area contributed by atoms with Crippen molar-refractivity contribution in [3.8, 4) is 0 Å². The van der Waals surface area contributed by atoms with Crippen LogP contribution in [0, 0.1) is 19.7 Å². The van der Waals surface area contributed by atoms with Gasteiger partial charge >= 0.3 is 0 Å². The highest BCUT2D eigenvalue weighted by atomic mass is 35.5. The maximum Gasteiger partial charge on any atom is 0.262 e. The van der Waals surface area contributed by atoms with Crippen LogP contribution < -0.4 is 10.5 Å². The summed E-state index contributed by atoms with van der Waals surface area (Å²) in [6, 6.07) is 7.05. The molecule has 4 nitrogen and oxygen atoms in total. The third-order valence-corrected chi connectivity index (χ3v) is 4.81. The van der Waals surface area contributed by atoms with Crippen molar-refractivity contribution in [1.29, 1.82) is 0 Å². The molecule has 0 aromatic heterocycles. The SMILES string of the molecule is Cc1cccc(F)c1NS(=O)(=O)c1cc(Cl)cc(N)c1C. The van der Waals surface area contributed by atoms with E-state index in [1.165, 1.54) is 24.3 Å². The van der Waals surface area contributed by atoms with Gasteiger partial charge in [-0.25, -0.2) is 12.8 Å². The van der Waals surface area contributed by atoms with E-state index in [0.29, 0.717) is 11.1 Å². The molecule has 0 radical (unpaired) electrons. The maximum absolute atomic E-state index is 13.8. The number of aryl methyl sites for hydroxylation is 1. The van der Waals surface area contributed by atoms with E-state index >= 15 is 0 Å². The molecule has 2 rings (SSSR count). The van der Waals surface area contributed by atoms with E-state index in [4.69, 9.17) is 17.3 Å². The molecule has 0 heterocycles. The van der Waals surface area contributed by atoms with Gasteiger partial charge in [-0.05, 0) is 43.2 Å². The Labute approximate surface area is 127 Å². The monoisotopic (exact) mass is 328 g/mol. The molecule has 0 saturated carbocycles. The second-order valence-electron chi connectivity index (χ2n) is 4.66. The Morgan fingerprint density at radius 2 is 1.90 bits per heavy atom. The fourth-order valence-corrected chi connectivity index (χ4v) is 3.64. The van der Waals surface area contributed by atoms with Crippen molar-refractivity contribution >= 4 is 33.0 Å². The van der Waals surface area contributed by atoms with E-state index in [-0.39, 0.29) is 21.3 Å². The number of hydrogen-bond acceptors (Lipinski definition) is 3. The van der Waals surface area contributed by atoms with Crippen LogP contribution in [0.15, 0.2) is 35.2 Å². The van der Waals surface area contributed by atoms with E-state index < -0.39 is 15.8 Å². The molecule has 0 atom stereocenters. The highest BCUT2D eigenvalue weighted by molar-refractivity contribution is 7.92. The molecule has 0 amide bonds. The minimum absolute atomic E-state index is 0.0739. The number of nitrogen functional groups attached to an aromatic ring is 1. The molecular formula is C14H14ClFN2O2S. The summed E-state index contributed by atoms with van der Waals surface area (Å²) in [5.41, 5.74) is 6.73. The van der Waals surface area contributed by atoms with E-state index in [0.717, 1.165) is 0 Å². The van der Waals surface area contributed by atoms with Crippen LogP contribution in [-0.4, -0.2) is 8.42 Å². The van der Waals surface area contributed by atoms with Crippen LogP contribution in [0.25, 0.3) is 0 Å². The molecule has 7 heteroatoms. The summed E-state index contributed by atoms with van der Waals surface area (Å²) in [6.45, 7) is 3.18. The van der Waals surface area contributed by atoms with Gasteiger partial charge in [-0.3, -0.25) is 4.72 Å². The normalized spacial score (nSPS) is 11.4. The molecule has 21 heavy (non-hydrogen) atoms. The van der Waals surface area contributed by atoms with E-state index in [1.807, 2.05) is 0 Å². The average Bonchev–Trinajstić information content (AvgIpc) is 2.38. The summed E-state index contributed by atoms with van der Waals surface area (Å²) in [6.07, 6.45) is 0. The Balaban J connectivity index is 2.54. The first kappa shape index (κ1) is 15.6. The summed E-state index contributed by atoms with van der Waals surface area (Å²) in [4.78, 5) is -0.0739. The minimum Gasteiger partial charge on any atom is -0.398 e. The van der Waals surface area contributed by atoms with E-state index in [2.05, 4.69) is 4.72 Å². The number of nitrogens with one attached hydrogen (secondary N) is 1. The lowest BCUT2D eigenvalue weighted by molar-refractivity contribution is 0.598. The molecular weight excluding hydrogens is 315 g/mol. The zero-order chi connectivity index (χ0) is 15.8. The van der Waals surface area contributed by atoms with Gasteiger partial charge in [0.2, 0.25) is 0 Å². The largest absolute Gasteiger partial charge is 0.398 e. The minimum atomic E-state index is -3.99. The fourth-order valence-electron chi connectivity index (χ4n) is 1.90. The molecule has 0 fully saturated rings. The van der Waals surface area contributed by atoms with Gasteiger partial charge in [-0.1, -0.05) is 23.7 Å². The van der Waals surface area contributed by atoms with Gasteiger partial charge in [0, 0.05) is 10.7 Å². The Kier molecular flexibility index (Phi) is 4.11. The molecule has 3 N–H and O–H groups in total. The van der Waals surface area contributed by atoms with Crippen molar-refractivity contribution < 1.29 is 12.8 Å². The van der Waals surface area contributed by atoms with Gasteiger partial charge in [0.25, 0.3) is 10.0 Å². The van der Waals surface area contributed by atoms with Crippen molar-refractivity contribution in [2.75, 3.05) is 10.5 Å². The van der Waals surface area contributed by atoms with Crippen LogP contribution in [0.4, 0.5) is 15.8 Å². The molecule has 0 aliphatic heterocycles. The van der Waals surface area contributed by atoms with Crippen LogP contribution in [0.3, 0.4) is 0 Å². The third kappa shape index (κ3) is 3.11. The lowest BCUT2D eigenvalue weighted by Gasteiger charge is -2.14. The Bertz CT molecular complexity index is 787. The van der Waals surface area contributed by atoms with E-state index in [9.17, 15) is 12.8 Å². The first-order valence-corrected chi connectivity index (χ1v) is 7.92. The topological polar surface area (TPSA) is 72.2 Å². The smallest absolute Gasteiger partial charge is 0.262 e. The number of benzene rings is 2. The predicted octanol–water partition coefficient (Wildman–Crippen LogP) is 3.48. The summed E-state index contributed by atoms with van der Waals surface area (Å²) < 4.78 is 40.9. The summed E-state index contributed by atoms with van der Waals surface area (Å²) in [5.74, 6) is -0.647. The van der Waals surface area contributed by atoms with Crippen LogP contribution in [0.1, 0.15) is 11.1 Å². The second-order valence-corrected chi connectivity index (χ2v) is 6.74. The van der Waals surface area contributed by atoms with Gasteiger partial charge in [0.15, 0.2) is 0 Å². The molecule has 2 aromatic carbocycles. The molecule has 0 bridgehead atoms. The number of para-hydroxylation sites is 1. The molecule has 0 aliphatic rings. The van der Waals surface area contributed by atoms with Crippen molar-refractivity contribution in [2.45, 2.75) is 18.7 Å². The van der Waals surface area contributed by atoms with Gasteiger partial charge in [-0.15, -0.1) is 0 Å². The van der Waals surface area contributed by atoms with E-state index in [1.54, 1.807) is 19.9 Å². The Hall–Kier alpha value is -1.79. The lowest BCUT2D eigenvalue weighted by Crippen LogP contribution is -2.16. The fraction of sp³-hybridized carbons (Fsp3) is 0.143. The predicted molar refractivity (Wildman–Crippen MR) is 82.5 cm³/mol. The number of nitrogens with two attached hydrogens (primary N) is 1. The standard InChI is InChI=1S/C14H14ClFN2O2S/c1-8-4-3-5-11(16)14(8)18-21(19,20)13-7-10(15)6-12(17)9(13)2/h3-7,18H,17H2,1-2H3. The van der Waals surface area contributed by atoms with Crippen molar-refractivity contribution in [2.24, 2.45) is 0 Å². The van der Waals surface area contributed by atoms with Gasteiger partial charge in [-0.2, -0.15) is 0 Å². The molecule has 0 unspecified atom stereocenters. The van der Waals surface area contributed by atoms with Gasteiger partial charge in [0.1, 0.15) is 5.82 Å². The lowest BCUT2D eigenvalue weighted by atomic mass is 10.2. The quantitative estimate of drug-likeness (QED) is 0.847. The summed E-state index contributed by atoms with van der Waals surface area (Å²) in [5, 5.41) is 0.198. The molecule has 0 aliphatic carbocycles. The molecule has 0 saturated heterocycles. The number of hydrogen-bond donors (Lipinski definition) is 2.